The normalized spacial score (nSPS) is 20.4. The van der Waals surface area contributed by atoms with Gasteiger partial charge in [-0.25, -0.2) is 9.18 Å². The standard InChI is InChI=1S/C16H20FN3O3S2/c1-22-15(24)18-9-12-10-20(16(21)23-12)11-2-3-14(13(17)8-11)19-4-6-25-7-5-19/h2-3,8,12H,4-7,9-10H2,1H3,(H,18,24). The summed E-state index contributed by atoms with van der Waals surface area (Å²) in [6.07, 6.45) is -0.862. The predicted molar refractivity (Wildman–Crippen MR) is 101 cm³/mol. The molecule has 1 aromatic rings. The van der Waals surface area contributed by atoms with Crippen LogP contribution in [0.15, 0.2) is 18.2 Å². The highest BCUT2D eigenvalue weighted by Crippen LogP contribution is 2.29. The third kappa shape index (κ3) is 4.27. The molecule has 1 unspecified atom stereocenters. The molecule has 6 nitrogen and oxygen atoms in total. The van der Waals surface area contributed by atoms with Gasteiger partial charge in [0.2, 0.25) is 0 Å². The van der Waals surface area contributed by atoms with Crippen LogP contribution in [0.2, 0.25) is 0 Å². The molecule has 2 saturated heterocycles. The largest absolute Gasteiger partial charge is 0.474 e. The van der Waals surface area contributed by atoms with Crippen molar-refractivity contribution in [2.45, 2.75) is 6.10 Å². The van der Waals surface area contributed by atoms with Gasteiger partial charge >= 0.3 is 6.09 Å². The predicted octanol–water partition coefficient (Wildman–Crippen LogP) is 2.23. The van der Waals surface area contributed by atoms with Crippen LogP contribution in [0.1, 0.15) is 0 Å². The van der Waals surface area contributed by atoms with Gasteiger partial charge < -0.3 is 19.7 Å². The first-order valence-electron chi connectivity index (χ1n) is 8.00. The summed E-state index contributed by atoms with van der Waals surface area (Å²) in [5.41, 5.74) is 1.08. The van der Waals surface area contributed by atoms with Crippen molar-refractivity contribution < 1.29 is 18.7 Å². The maximum atomic E-state index is 14.5. The van der Waals surface area contributed by atoms with Crippen LogP contribution in [-0.2, 0) is 9.47 Å². The van der Waals surface area contributed by atoms with Crippen LogP contribution >= 0.6 is 24.0 Å². The Morgan fingerprint density at radius 3 is 2.92 bits per heavy atom. The Morgan fingerprint density at radius 2 is 2.24 bits per heavy atom. The summed E-state index contributed by atoms with van der Waals surface area (Å²) in [6, 6.07) is 4.89. The van der Waals surface area contributed by atoms with E-state index in [0.717, 1.165) is 24.6 Å². The van der Waals surface area contributed by atoms with E-state index in [1.54, 1.807) is 12.1 Å². The number of carbonyl (C=O) groups excluding carboxylic acids is 1. The van der Waals surface area contributed by atoms with E-state index in [1.807, 2.05) is 16.7 Å². The number of carbonyl (C=O) groups is 1. The molecule has 2 fully saturated rings. The van der Waals surface area contributed by atoms with E-state index in [4.69, 9.17) is 21.7 Å². The minimum absolute atomic E-state index is 0.240. The maximum absolute atomic E-state index is 14.5. The van der Waals surface area contributed by atoms with Crippen LogP contribution in [0.4, 0.5) is 20.6 Å². The Hall–Kier alpha value is -1.74. The van der Waals surface area contributed by atoms with Gasteiger partial charge in [-0.2, -0.15) is 11.8 Å². The Labute approximate surface area is 155 Å². The highest BCUT2D eigenvalue weighted by molar-refractivity contribution is 7.99. The van der Waals surface area contributed by atoms with Crippen LogP contribution in [0.25, 0.3) is 0 Å². The van der Waals surface area contributed by atoms with E-state index in [-0.39, 0.29) is 17.1 Å². The average Bonchev–Trinajstić information content (AvgIpc) is 3.01. The number of nitrogens with zero attached hydrogens (tertiary/aromatic N) is 2. The quantitative estimate of drug-likeness (QED) is 0.798. The zero-order valence-corrected chi connectivity index (χ0v) is 15.5. The number of ether oxygens (including phenoxy) is 2. The molecule has 2 aliphatic rings. The Bertz CT molecular complexity index is 656. The fourth-order valence-electron chi connectivity index (χ4n) is 2.83. The zero-order valence-electron chi connectivity index (χ0n) is 13.9. The molecule has 1 N–H and O–H groups in total. The van der Waals surface area contributed by atoms with E-state index >= 15 is 0 Å². The summed E-state index contributed by atoms with van der Waals surface area (Å²) < 4.78 is 24.7. The fraction of sp³-hybridized carbons (Fsp3) is 0.500. The number of thiocarbonyl (C=S) groups is 1. The molecular formula is C16H20FN3O3S2. The first-order chi connectivity index (χ1) is 12.1. The number of hydrogen-bond acceptors (Lipinski definition) is 6. The number of methoxy groups -OCH3 is 1. The van der Waals surface area contributed by atoms with Gasteiger partial charge in [-0.3, -0.25) is 4.90 Å². The summed E-state index contributed by atoms with van der Waals surface area (Å²) >= 11 is 6.77. The Balaban J connectivity index is 1.66. The maximum Gasteiger partial charge on any atom is 0.414 e. The summed E-state index contributed by atoms with van der Waals surface area (Å²) in [5, 5.41) is 3.09. The number of hydrogen-bond donors (Lipinski definition) is 1. The van der Waals surface area contributed by atoms with Crippen molar-refractivity contribution >= 4 is 46.6 Å². The van der Waals surface area contributed by atoms with Crippen LogP contribution in [0, 0.1) is 5.82 Å². The number of nitrogens with one attached hydrogen (secondary N) is 1. The number of thioether (sulfide) groups is 1. The number of halogens is 1. The first-order valence-corrected chi connectivity index (χ1v) is 9.57. The van der Waals surface area contributed by atoms with Crippen molar-refractivity contribution in [1.82, 2.24) is 5.32 Å². The summed E-state index contributed by atoms with van der Waals surface area (Å²) in [4.78, 5) is 15.5. The molecule has 0 saturated carbocycles. The molecule has 9 heteroatoms. The van der Waals surface area contributed by atoms with Crippen LogP contribution in [0.3, 0.4) is 0 Å². The van der Waals surface area contributed by atoms with Crippen molar-refractivity contribution in [3.8, 4) is 0 Å². The van der Waals surface area contributed by atoms with Gasteiger partial charge in [0, 0.05) is 24.6 Å². The second-order valence-corrected chi connectivity index (χ2v) is 7.32. The fourth-order valence-corrected chi connectivity index (χ4v) is 3.82. The van der Waals surface area contributed by atoms with E-state index in [9.17, 15) is 9.18 Å². The summed E-state index contributed by atoms with van der Waals surface area (Å²) in [6.45, 7) is 2.35. The third-order valence-electron chi connectivity index (χ3n) is 4.13. The van der Waals surface area contributed by atoms with Crippen molar-refractivity contribution in [1.29, 1.82) is 0 Å². The molecule has 25 heavy (non-hydrogen) atoms. The van der Waals surface area contributed by atoms with Gasteiger partial charge in [0.05, 0.1) is 31.6 Å². The minimum Gasteiger partial charge on any atom is -0.474 e. The highest BCUT2D eigenvalue weighted by atomic mass is 32.2. The minimum atomic E-state index is -0.489. The van der Waals surface area contributed by atoms with Crippen LogP contribution in [0.5, 0.6) is 0 Å². The second-order valence-electron chi connectivity index (χ2n) is 5.72. The lowest BCUT2D eigenvalue weighted by Gasteiger charge is -2.29. The molecule has 1 aromatic carbocycles. The van der Waals surface area contributed by atoms with Crippen LogP contribution < -0.4 is 15.1 Å². The smallest absolute Gasteiger partial charge is 0.414 e. The Kier molecular flexibility index (Phi) is 5.85. The van der Waals surface area contributed by atoms with Gasteiger partial charge in [-0.15, -0.1) is 0 Å². The van der Waals surface area contributed by atoms with Gasteiger partial charge in [-0.05, 0) is 30.4 Å². The van der Waals surface area contributed by atoms with Crippen molar-refractivity contribution in [3.05, 3.63) is 24.0 Å². The molecule has 0 bridgehead atoms. The third-order valence-corrected chi connectivity index (χ3v) is 5.38. The van der Waals surface area contributed by atoms with Crippen molar-refractivity contribution in [3.63, 3.8) is 0 Å². The molecule has 1 amide bonds. The lowest BCUT2D eigenvalue weighted by atomic mass is 10.2. The molecule has 136 valence electrons. The highest BCUT2D eigenvalue weighted by Gasteiger charge is 2.33. The zero-order chi connectivity index (χ0) is 17.8. The molecule has 2 heterocycles. The summed E-state index contributed by atoms with van der Waals surface area (Å²) in [5.74, 6) is 1.68. The lowest BCUT2D eigenvalue weighted by molar-refractivity contribution is 0.142. The second kappa shape index (κ2) is 8.09. The molecule has 2 aliphatic heterocycles. The topological polar surface area (TPSA) is 54.0 Å². The molecule has 0 radical (unpaired) electrons. The van der Waals surface area contributed by atoms with Gasteiger partial charge in [0.1, 0.15) is 11.9 Å². The first kappa shape index (κ1) is 18.1. The molecule has 1 atom stereocenters. The summed E-state index contributed by atoms with van der Waals surface area (Å²) in [7, 11) is 1.47. The van der Waals surface area contributed by atoms with E-state index in [1.165, 1.54) is 18.1 Å². The Morgan fingerprint density at radius 1 is 1.48 bits per heavy atom. The van der Waals surface area contributed by atoms with E-state index in [0.29, 0.717) is 24.5 Å². The number of amides is 1. The van der Waals surface area contributed by atoms with Gasteiger partial charge in [0.15, 0.2) is 0 Å². The van der Waals surface area contributed by atoms with Crippen molar-refractivity contribution in [2.75, 3.05) is 54.6 Å². The SMILES string of the molecule is COC(=S)NCC1CN(c2ccc(N3CCSCC3)c(F)c2)C(=O)O1. The average molecular weight is 385 g/mol. The monoisotopic (exact) mass is 385 g/mol. The van der Waals surface area contributed by atoms with Gasteiger partial charge in [-0.1, -0.05) is 0 Å². The lowest BCUT2D eigenvalue weighted by Crippen LogP contribution is -2.34. The molecule has 0 aliphatic carbocycles. The number of rotatable bonds is 4. The molecule has 3 rings (SSSR count). The molecule has 0 aromatic heterocycles. The number of anilines is 2. The van der Waals surface area contributed by atoms with E-state index < -0.39 is 6.09 Å². The molecular weight excluding hydrogens is 365 g/mol. The van der Waals surface area contributed by atoms with Crippen LogP contribution in [-0.4, -0.2) is 62.2 Å². The molecule has 0 spiro atoms. The number of benzene rings is 1. The van der Waals surface area contributed by atoms with Gasteiger partial charge in [0.25, 0.3) is 5.17 Å². The van der Waals surface area contributed by atoms with E-state index in [2.05, 4.69) is 5.32 Å². The number of cyclic esters (lactones) is 1. The van der Waals surface area contributed by atoms with Crippen molar-refractivity contribution in [2.24, 2.45) is 0 Å².